The Labute approximate surface area is 92.7 Å². The van der Waals surface area contributed by atoms with E-state index in [-0.39, 0.29) is 11.5 Å². The molecule has 0 aliphatic heterocycles. The molecule has 1 aromatic carbocycles. The second kappa shape index (κ2) is 4.26. The van der Waals surface area contributed by atoms with Crippen LogP contribution in [0.25, 0.3) is 6.08 Å². The predicted octanol–water partition coefficient (Wildman–Crippen LogP) is 2.73. The van der Waals surface area contributed by atoms with Gasteiger partial charge in [-0.1, -0.05) is 0 Å². The summed E-state index contributed by atoms with van der Waals surface area (Å²) in [7, 11) is 0. The molecule has 0 saturated heterocycles. The minimum atomic E-state index is -0.433. The second-order valence-corrected chi connectivity index (χ2v) is 3.79. The average molecular weight is 217 g/mol. The molecule has 1 aliphatic carbocycles. The third kappa shape index (κ3) is 2.16. The van der Waals surface area contributed by atoms with Gasteiger partial charge in [0.2, 0.25) is 0 Å². The monoisotopic (exact) mass is 217 g/mol. The van der Waals surface area contributed by atoms with Crippen LogP contribution in [0.4, 0.5) is 5.69 Å². The lowest BCUT2D eigenvalue weighted by molar-refractivity contribution is -0.384. The first-order valence-electron chi connectivity index (χ1n) is 5.15. The molecule has 0 aromatic heterocycles. The van der Waals surface area contributed by atoms with Crippen molar-refractivity contribution in [1.82, 2.24) is 0 Å². The molecular weight excluding hydrogens is 206 g/mol. The average Bonchev–Trinajstić information content (AvgIpc) is 2.65. The highest BCUT2D eigenvalue weighted by molar-refractivity contribution is 6.01. The van der Waals surface area contributed by atoms with E-state index in [0.29, 0.717) is 6.42 Å². The highest BCUT2D eigenvalue weighted by atomic mass is 16.6. The Bertz CT molecular complexity index is 460. The first kappa shape index (κ1) is 10.5. The van der Waals surface area contributed by atoms with Gasteiger partial charge in [-0.25, -0.2) is 0 Å². The Hall–Kier alpha value is -1.97. The summed E-state index contributed by atoms with van der Waals surface area (Å²) in [5.74, 6) is 0.193. The summed E-state index contributed by atoms with van der Waals surface area (Å²) in [6.07, 6.45) is 4.17. The largest absolute Gasteiger partial charge is 0.295 e. The summed E-state index contributed by atoms with van der Waals surface area (Å²) in [5.41, 5.74) is 1.74. The number of hydrogen-bond acceptors (Lipinski definition) is 3. The van der Waals surface area contributed by atoms with Crippen molar-refractivity contribution < 1.29 is 9.72 Å². The van der Waals surface area contributed by atoms with Crippen molar-refractivity contribution in [3.63, 3.8) is 0 Å². The lowest BCUT2D eigenvalue weighted by atomic mass is 10.1. The van der Waals surface area contributed by atoms with Gasteiger partial charge in [-0.2, -0.15) is 0 Å². The zero-order valence-corrected chi connectivity index (χ0v) is 8.68. The minimum absolute atomic E-state index is 0.0694. The van der Waals surface area contributed by atoms with E-state index in [1.165, 1.54) is 12.1 Å². The molecule has 0 amide bonds. The predicted molar refractivity (Wildman–Crippen MR) is 59.9 cm³/mol. The summed E-state index contributed by atoms with van der Waals surface area (Å²) < 4.78 is 0. The van der Waals surface area contributed by atoms with Crippen LogP contribution in [0.1, 0.15) is 24.8 Å². The Morgan fingerprint density at radius 3 is 2.38 bits per heavy atom. The Morgan fingerprint density at radius 2 is 1.88 bits per heavy atom. The summed E-state index contributed by atoms with van der Waals surface area (Å²) in [6.45, 7) is 0. The molecule has 0 heterocycles. The maximum atomic E-state index is 11.4. The van der Waals surface area contributed by atoms with Crippen molar-refractivity contribution in [3.8, 4) is 0 Å². The number of non-ortho nitro benzene ring substituents is 1. The summed E-state index contributed by atoms with van der Waals surface area (Å²) in [6, 6.07) is 6.23. The maximum absolute atomic E-state index is 11.4. The lowest BCUT2D eigenvalue weighted by Gasteiger charge is -1.96. The van der Waals surface area contributed by atoms with E-state index in [1.807, 2.05) is 6.08 Å². The molecule has 4 nitrogen and oxygen atoms in total. The molecule has 0 unspecified atom stereocenters. The first-order chi connectivity index (χ1) is 7.66. The third-order valence-corrected chi connectivity index (χ3v) is 2.65. The molecule has 0 atom stereocenters. The van der Waals surface area contributed by atoms with Gasteiger partial charge in [0.05, 0.1) is 4.92 Å². The summed E-state index contributed by atoms with van der Waals surface area (Å²) in [4.78, 5) is 21.4. The van der Waals surface area contributed by atoms with E-state index in [4.69, 9.17) is 0 Å². The van der Waals surface area contributed by atoms with Crippen molar-refractivity contribution in [3.05, 3.63) is 45.5 Å². The standard InChI is InChI=1S/C12H11NO3/c14-12-3-1-2-10(12)8-9-4-6-11(7-5-9)13(15)16/h4-8H,1-3H2/b10-8-. The van der Waals surface area contributed by atoms with E-state index in [9.17, 15) is 14.9 Å². The fourth-order valence-corrected chi connectivity index (χ4v) is 1.79. The zero-order valence-electron chi connectivity index (χ0n) is 8.68. The van der Waals surface area contributed by atoms with Crippen molar-refractivity contribution >= 4 is 17.5 Å². The van der Waals surface area contributed by atoms with Gasteiger partial charge in [0, 0.05) is 18.6 Å². The van der Waals surface area contributed by atoms with E-state index in [0.717, 1.165) is 24.0 Å². The van der Waals surface area contributed by atoms with Gasteiger partial charge in [-0.15, -0.1) is 0 Å². The molecule has 82 valence electrons. The van der Waals surface area contributed by atoms with Crippen LogP contribution < -0.4 is 0 Å². The number of carbonyl (C=O) groups excluding carboxylic acids is 1. The molecule has 4 heteroatoms. The van der Waals surface area contributed by atoms with Crippen molar-refractivity contribution in [2.75, 3.05) is 0 Å². The second-order valence-electron chi connectivity index (χ2n) is 3.79. The fourth-order valence-electron chi connectivity index (χ4n) is 1.79. The molecule has 0 radical (unpaired) electrons. The molecule has 1 aliphatic rings. The smallest absolute Gasteiger partial charge is 0.269 e. The Kier molecular flexibility index (Phi) is 2.81. The van der Waals surface area contributed by atoms with E-state index in [2.05, 4.69) is 0 Å². The number of hydrogen-bond donors (Lipinski definition) is 0. The van der Waals surface area contributed by atoms with Gasteiger partial charge in [0.15, 0.2) is 5.78 Å². The van der Waals surface area contributed by atoms with Gasteiger partial charge in [-0.3, -0.25) is 14.9 Å². The van der Waals surface area contributed by atoms with Crippen molar-refractivity contribution in [2.45, 2.75) is 19.3 Å². The molecular formula is C12H11NO3. The number of nitrogens with zero attached hydrogens (tertiary/aromatic N) is 1. The highest BCUT2D eigenvalue weighted by Crippen LogP contribution is 2.23. The molecule has 1 fully saturated rings. The van der Waals surface area contributed by atoms with Gasteiger partial charge < -0.3 is 0 Å². The van der Waals surface area contributed by atoms with Crippen LogP contribution in [0, 0.1) is 10.1 Å². The normalized spacial score (nSPS) is 18.0. The number of nitro groups is 1. The van der Waals surface area contributed by atoms with Gasteiger partial charge in [0.1, 0.15) is 0 Å². The van der Waals surface area contributed by atoms with Crippen LogP contribution in [-0.2, 0) is 4.79 Å². The fraction of sp³-hybridized carbons (Fsp3) is 0.250. The van der Waals surface area contributed by atoms with E-state index >= 15 is 0 Å². The van der Waals surface area contributed by atoms with Crippen LogP contribution >= 0.6 is 0 Å². The van der Waals surface area contributed by atoms with E-state index < -0.39 is 4.92 Å². The van der Waals surface area contributed by atoms with Crippen LogP contribution in [-0.4, -0.2) is 10.7 Å². The third-order valence-electron chi connectivity index (χ3n) is 2.65. The molecule has 2 rings (SSSR count). The number of benzene rings is 1. The van der Waals surface area contributed by atoms with Gasteiger partial charge in [-0.05, 0) is 42.2 Å². The molecule has 1 aromatic rings. The Morgan fingerprint density at radius 1 is 1.19 bits per heavy atom. The number of Topliss-reactive ketones (excluding diaryl/α,β-unsaturated/α-hetero) is 1. The molecule has 16 heavy (non-hydrogen) atoms. The van der Waals surface area contributed by atoms with Crippen LogP contribution in [0.3, 0.4) is 0 Å². The van der Waals surface area contributed by atoms with Crippen LogP contribution in [0.5, 0.6) is 0 Å². The highest BCUT2D eigenvalue weighted by Gasteiger charge is 2.16. The molecule has 0 spiro atoms. The van der Waals surface area contributed by atoms with E-state index in [1.54, 1.807) is 12.1 Å². The Balaban J connectivity index is 2.22. The quantitative estimate of drug-likeness (QED) is 0.434. The number of allylic oxidation sites excluding steroid dienone is 1. The van der Waals surface area contributed by atoms with Gasteiger partial charge >= 0.3 is 0 Å². The summed E-state index contributed by atoms with van der Waals surface area (Å²) >= 11 is 0. The summed E-state index contributed by atoms with van der Waals surface area (Å²) in [5, 5.41) is 10.4. The number of rotatable bonds is 2. The molecule has 0 bridgehead atoms. The van der Waals surface area contributed by atoms with Crippen LogP contribution in [0.15, 0.2) is 29.8 Å². The maximum Gasteiger partial charge on any atom is 0.269 e. The SMILES string of the molecule is O=C1CCC/C1=C/c1ccc([N+](=O)[O-])cc1. The van der Waals surface area contributed by atoms with Gasteiger partial charge in [0.25, 0.3) is 5.69 Å². The van der Waals surface area contributed by atoms with Crippen LogP contribution in [0.2, 0.25) is 0 Å². The zero-order chi connectivity index (χ0) is 11.5. The number of ketones is 1. The van der Waals surface area contributed by atoms with Crippen molar-refractivity contribution in [1.29, 1.82) is 0 Å². The first-order valence-corrected chi connectivity index (χ1v) is 5.15. The molecule has 1 saturated carbocycles. The number of nitro benzene ring substituents is 1. The van der Waals surface area contributed by atoms with Crippen molar-refractivity contribution in [2.24, 2.45) is 0 Å². The minimum Gasteiger partial charge on any atom is -0.295 e. The molecule has 0 N–H and O–H groups in total. The topological polar surface area (TPSA) is 60.2 Å². The number of carbonyl (C=O) groups is 1. The lowest BCUT2D eigenvalue weighted by Crippen LogP contribution is -1.91.